The molecule has 0 aromatic heterocycles. The van der Waals surface area contributed by atoms with E-state index in [1.165, 1.54) is 30.3 Å². The smallest absolute Gasteiger partial charge is 0.293 e. The van der Waals surface area contributed by atoms with Gasteiger partial charge in [-0.2, -0.15) is 0 Å². The molecule has 0 aliphatic carbocycles. The number of piperazine rings is 1. The Morgan fingerprint density at radius 2 is 1.72 bits per heavy atom. The molecular formula is C17H15BrFN3O3. The zero-order chi connectivity index (χ0) is 18.0. The Morgan fingerprint density at radius 1 is 1.08 bits per heavy atom. The highest BCUT2D eigenvalue weighted by molar-refractivity contribution is 9.10. The predicted octanol–water partition coefficient (Wildman–Crippen LogP) is 3.46. The van der Waals surface area contributed by atoms with Gasteiger partial charge < -0.3 is 9.80 Å². The molecule has 1 aliphatic rings. The first-order valence-electron chi connectivity index (χ1n) is 7.69. The summed E-state index contributed by atoms with van der Waals surface area (Å²) in [6, 6.07) is 10.4. The zero-order valence-corrected chi connectivity index (χ0v) is 14.8. The molecule has 0 N–H and O–H groups in total. The van der Waals surface area contributed by atoms with E-state index in [2.05, 4.69) is 15.9 Å². The molecular weight excluding hydrogens is 393 g/mol. The van der Waals surface area contributed by atoms with Crippen LogP contribution in [0.15, 0.2) is 46.9 Å². The van der Waals surface area contributed by atoms with Crippen molar-refractivity contribution in [3.8, 4) is 0 Å². The summed E-state index contributed by atoms with van der Waals surface area (Å²) in [6.45, 7) is 1.89. The van der Waals surface area contributed by atoms with Gasteiger partial charge in [-0.3, -0.25) is 14.9 Å². The Kier molecular flexibility index (Phi) is 4.98. The number of halogens is 2. The molecule has 2 aromatic rings. The summed E-state index contributed by atoms with van der Waals surface area (Å²) in [5, 5.41) is 11.3. The normalized spacial score (nSPS) is 14.5. The summed E-state index contributed by atoms with van der Waals surface area (Å²) in [7, 11) is 0. The van der Waals surface area contributed by atoms with Crippen LogP contribution in [0.25, 0.3) is 0 Å². The van der Waals surface area contributed by atoms with E-state index in [9.17, 15) is 19.3 Å². The van der Waals surface area contributed by atoms with Crippen LogP contribution in [0, 0.1) is 15.9 Å². The number of carbonyl (C=O) groups is 1. The topological polar surface area (TPSA) is 66.7 Å². The molecule has 130 valence electrons. The SMILES string of the molecule is O=C(c1ccc(F)cc1)N1CCN(c2ccc(Br)cc2[N+](=O)[O-])CC1. The number of amides is 1. The molecule has 6 nitrogen and oxygen atoms in total. The van der Waals surface area contributed by atoms with Crippen molar-refractivity contribution in [1.29, 1.82) is 0 Å². The van der Waals surface area contributed by atoms with Gasteiger partial charge in [0, 0.05) is 42.3 Å². The second-order valence-corrected chi connectivity index (χ2v) is 6.59. The lowest BCUT2D eigenvalue weighted by Gasteiger charge is -2.35. The summed E-state index contributed by atoms with van der Waals surface area (Å²) in [5.74, 6) is -0.547. The van der Waals surface area contributed by atoms with Crippen molar-refractivity contribution in [3.05, 3.63) is 68.4 Å². The number of nitrogens with zero attached hydrogens (tertiary/aromatic N) is 3. The monoisotopic (exact) mass is 407 g/mol. The van der Waals surface area contributed by atoms with Gasteiger partial charge in [0.15, 0.2) is 0 Å². The van der Waals surface area contributed by atoms with Crippen LogP contribution in [0.1, 0.15) is 10.4 Å². The number of benzene rings is 2. The van der Waals surface area contributed by atoms with Crippen molar-refractivity contribution >= 4 is 33.2 Å². The molecule has 8 heteroatoms. The second-order valence-electron chi connectivity index (χ2n) is 5.68. The quantitative estimate of drug-likeness (QED) is 0.577. The van der Waals surface area contributed by atoms with Crippen LogP contribution >= 0.6 is 15.9 Å². The molecule has 0 radical (unpaired) electrons. The van der Waals surface area contributed by atoms with Crippen LogP contribution in [-0.4, -0.2) is 41.9 Å². The highest BCUT2D eigenvalue weighted by atomic mass is 79.9. The van der Waals surface area contributed by atoms with E-state index in [1.807, 2.05) is 4.90 Å². The molecule has 2 aromatic carbocycles. The van der Waals surface area contributed by atoms with Gasteiger partial charge in [-0.05, 0) is 36.4 Å². The van der Waals surface area contributed by atoms with Crippen molar-refractivity contribution in [2.75, 3.05) is 31.1 Å². The number of hydrogen-bond acceptors (Lipinski definition) is 4. The first-order chi connectivity index (χ1) is 12.0. The fourth-order valence-electron chi connectivity index (χ4n) is 2.84. The van der Waals surface area contributed by atoms with Gasteiger partial charge in [0.05, 0.1) is 4.92 Å². The summed E-state index contributed by atoms with van der Waals surface area (Å²) in [4.78, 5) is 26.9. The van der Waals surface area contributed by atoms with E-state index >= 15 is 0 Å². The van der Waals surface area contributed by atoms with Crippen molar-refractivity contribution < 1.29 is 14.1 Å². The van der Waals surface area contributed by atoms with E-state index in [0.29, 0.717) is 41.9 Å². The fraction of sp³-hybridized carbons (Fsp3) is 0.235. The minimum atomic E-state index is -0.407. The third-order valence-electron chi connectivity index (χ3n) is 4.13. The highest BCUT2D eigenvalue weighted by Gasteiger charge is 2.26. The van der Waals surface area contributed by atoms with Crippen LogP contribution in [0.3, 0.4) is 0 Å². The Labute approximate surface area is 152 Å². The van der Waals surface area contributed by atoms with Crippen LogP contribution in [0.5, 0.6) is 0 Å². The molecule has 3 rings (SSSR count). The Balaban J connectivity index is 1.71. The molecule has 0 spiro atoms. The van der Waals surface area contributed by atoms with Gasteiger partial charge in [0.25, 0.3) is 11.6 Å². The van der Waals surface area contributed by atoms with Crippen LogP contribution in [0.4, 0.5) is 15.8 Å². The van der Waals surface area contributed by atoms with Crippen LogP contribution in [0.2, 0.25) is 0 Å². The van der Waals surface area contributed by atoms with Gasteiger partial charge in [0.2, 0.25) is 0 Å². The van der Waals surface area contributed by atoms with Crippen molar-refractivity contribution in [2.45, 2.75) is 0 Å². The molecule has 1 fully saturated rings. The minimum absolute atomic E-state index is 0.0349. The number of hydrogen-bond donors (Lipinski definition) is 0. The first kappa shape index (κ1) is 17.3. The lowest BCUT2D eigenvalue weighted by atomic mass is 10.1. The largest absolute Gasteiger partial charge is 0.362 e. The molecule has 0 unspecified atom stereocenters. The molecule has 25 heavy (non-hydrogen) atoms. The second kappa shape index (κ2) is 7.18. The van der Waals surface area contributed by atoms with Crippen LogP contribution < -0.4 is 4.90 Å². The van der Waals surface area contributed by atoms with Crippen molar-refractivity contribution in [3.63, 3.8) is 0 Å². The van der Waals surface area contributed by atoms with Gasteiger partial charge in [-0.1, -0.05) is 15.9 Å². The summed E-state index contributed by atoms with van der Waals surface area (Å²) >= 11 is 3.25. The third kappa shape index (κ3) is 3.79. The summed E-state index contributed by atoms with van der Waals surface area (Å²) in [6.07, 6.45) is 0. The number of rotatable bonds is 3. The first-order valence-corrected chi connectivity index (χ1v) is 8.49. The average Bonchev–Trinajstić information content (AvgIpc) is 2.62. The number of nitro groups is 1. The number of carbonyl (C=O) groups excluding carboxylic acids is 1. The maximum absolute atomic E-state index is 13.0. The van der Waals surface area contributed by atoms with E-state index in [4.69, 9.17) is 0 Å². The van der Waals surface area contributed by atoms with Gasteiger partial charge in [0.1, 0.15) is 11.5 Å². The minimum Gasteiger partial charge on any atom is -0.362 e. The van der Waals surface area contributed by atoms with Gasteiger partial charge in [-0.15, -0.1) is 0 Å². The van der Waals surface area contributed by atoms with Crippen molar-refractivity contribution in [2.24, 2.45) is 0 Å². The maximum atomic E-state index is 13.0. The van der Waals surface area contributed by atoms with E-state index in [-0.39, 0.29) is 17.4 Å². The molecule has 1 aliphatic heterocycles. The molecule has 1 saturated heterocycles. The maximum Gasteiger partial charge on any atom is 0.293 e. The fourth-order valence-corrected chi connectivity index (χ4v) is 3.18. The van der Waals surface area contributed by atoms with E-state index in [1.54, 1.807) is 17.0 Å². The molecule has 0 bridgehead atoms. The van der Waals surface area contributed by atoms with Crippen molar-refractivity contribution in [1.82, 2.24) is 4.90 Å². The Morgan fingerprint density at radius 3 is 2.32 bits per heavy atom. The predicted molar refractivity (Wildman–Crippen MR) is 95.3 cm³/mol. The summed E-state index contributed by atoms with van der Waals surface area (Å²) < 4.78 is 13.6. The van der Waals surface area contributed by atoms with Gasteiger partial charge in [-0.25, -0.2) is 4.39 Å². The molecule has 1 heterocycles. The average molecular weight is 408 g/mol. The number of anilines is 1. The standard InChI is InChI=1S/C17H15BrFN3O3/c18-13-3-6-15(16(11-13)22(24)25)20-7-9-21(10-8-20)17(23)12-1-4-14(19)5-2-12/h1-6,11H,7-10H2. The molecule has 1 amide bonds. The Bertz CT molecular complexity index is 805. The van der Waals surface area contributed by atoms with E-state index < -0.39 is 4.92 Å². The lowest BCUT2D eigenvalue weighted by molar-refractivity contribution is -0.384. The van der Waals surface area contributed by atoms with Crippen LogP contribution in [-0.2, 0) is 0 Å². The highest BCUT2D eigenvalue weighted by Crippen LogP contribution is 2.31. The van der Waals surface area contributed by atoms with Gasteiger partial charge >= 0.3 is 0 Å². The van der Waals surface area contributed by atoms with E-state index in [0.717, 1.165) is 0 Å². The summed E-state index contributed by atoms with van der Waals surface area (Å²) in [5.41, 5.74) is 1.01. The molecule has 0 atom stereocenters. The zero-order valence-electron chi connectivity index (χ0n) is 13.2. The lowest BCUT2D eigenvalue weighted by Crippen LogP contribution is -2.49. The molecule has 0 saturated carbocycles. The third-order valence-corrected chi connectivity index (χ3v) is 4.63. The Hall–Kier alpha value is -2.48. The number of nitro benzene ring substituents is 1.